The summed E-state index contributed by atoms with van der Waals surface area (Å²) >= 11 is 0. The molecule has 0 aliphatic heterocycles. The van der Waals surface area contributed by atoms with Crippen molar-refractivity contribution in [3.63, 3.8) is 0 Å². The molecule has 0 spiro atoms. The Morgan fingerprint density at radius 3 is 2.33 bits per heavy atom. The number of amides is 2. The Hall–Kier alpha value is -4.17. The largest absolute Gasteiger partial charge is 0.507 e. The highest BCUT2D eigenvalue weighted by Crippen LogP contribution is 2.55. The van der Waals surface area contributed by atoms with E-state index in [-0.39, 0.29) is 35.4 Å². The maximum absolute atomic E-state index is 14.1. The Labute approximate surface area is 247 Å². The lowest BCUT2D eigenvalue weighted by atomic mass is 9.54. The number of primary amides is 1. The molecule has 8 N–H and O–H groups in total. The molecule has 13 nitrogen and oxygen atoms in total. The van der Waals surface area contributed by atoms with Crippen molar-refractivity contribution in [3.05, 3.63) is 53.1 Å². The zero-order chi connectivity index (χ0) is 31.5. The predicted octanol–water partition coefficient (Wildman–Crippen LogP) is 0.598. The van der Waals surface area contributed by atoms with E-state index in [1.54, 1.807) is 68.3 Å². The molecule has 0 saturated heterocycles. The van der Waals surface area contributed by atoms with E-state index < -0.39 is 70.9 Å². The van der Waals surface area contributed by atoms with E-state index in [9.17, 15) is 39.9 Å². The molecule has 0 aromatic heterocycles. The topological polar surface area (TPSA) is 206 Å². The van der Waals surface area contributed by atoms with Crippen molar-refractivity contribution in [1.29, 1.82) is 0 Å². The van der Waals surface area contributed by atoms with Gasteiger partial charge in [0.05, 0.1) is 23.3 Å². The Balaban J connectivity index is 1.62. The number of benzene rings is 2. The number of carbonyl (C=O) groups is 3. The molecular weight excluding hydrogens is 560 g/mol. The van der Waals surface area contributed by atoms with E-state index in [1.165, 1.54) is 6.07 Å². The molecule has 2 fully saturated rings. The molecule has 2 amide bonds. The molecule has 13 heteroatoms. The Morgan fingerprint density at radius 1 is 1.09 bits per heavy atom. The van der Waals surface area contributed by atoms with E-state index in [1.807, 2.05) is 0 Å². The summed E-state index contributed by atoms with van der Waals surface area (Å²) in [7, 11) is 6.71. The van der Waals surface area contributed by atoms with Gasteiger partial charge in [-0.15, -0.1) is 0 Å². The second kappa shape index (κ2) is 10.8. The van der Waals surface area contributed by atoms with Crippen LogP contribution in [0.25, 0.3) is 5.76 Å². The quantitative estimate of drug-likeness (QED) is 0.238. The lowest BCUT2D eigenvalue weighted by molar-refractivity contribution is -0.216. The second-order valence-corrected chi connectivity index (χ2v) is 11.8. The van der Waals surface area contributed by atoms with Crippen LogP contribution in [0.4, 0.5) is 16.2 Å². The Bertz CT molecular complexity index is 1510. The summed E-state index contributed by atoms with van der Waals surface area (Å²) in [5.74, 6) is -6.37. The summed E-state index contributed by atoms with van der Waals surface area (Å²) in [6.07, 6.45) is -4.23. The van der Waals surface area contributed by atoms with Crippen LogP contribution in [0.5, 0.6) is 11.5 Å². The normalized spacial score (nSPS) is 29.8. The first-order valence-corrected chi connectivity index (χ1v) is 13.8. The van der Waals surface area contributed by atoms with E-state index in [4.69, 9.17) is 10.5 Å². The van der Waals surface area contributed by atoms with E-state index >= 15 is 0 Å². The standard InChI is InChI=1S/C30H36N4O9/c1-33(2)18-12-17(32-29(41)43-14-8-6-5-7-9-14)23(35)20-15(18)10-13-11-16-22(34(3)4)25(37)21(28(31)40)27(39)30(16,42)26(38)19(13)24(20)36/h5-9,12-13,16,21-22,25,27,35-37,39,42H,10-11H2,1-4H3,(H2,31,40)(H,32,41)/t13-,16-,21?,22-,25?,27?,30-/m0/s1. The van der Waals surface area contributed by atoms with Gasteiger partial charge in [-0.1, -0.05) is 18.2 Å². The monoisotopic (exact) mass is 596 g/mol. The highest BCUT2D eigenvalue weighted by Gasteiger charge is 2.67. The van der Waals surface area contributed by atoms with Gasteiger partial charge >= 0.3 is 6.09 Å². The number of ketones is 1. The fourth-order valence-corrected chi connectivity index (χ4v) is 7.08. The van der Waals surface area contributed by atoms with Crippen molar-refractivity contribution in [2.45, 2.75) is 36.7 Å². The number of likely N-dealkylation sites (N-methyl/N-ethyl adjacent to an activating group) is 1. The first kappa shape index (κ1) is 30.3. The predicted molar refractivity (Wildman–Crippen MR) is 156 cm³/mol. The Morgan fingerprint density at radius 2 is 1.74 bits per heavy atom. The number of phenolic OH excluding ortho intramolecular Hbond substituents is 1. The molecule has 0 heterocycles. The molecule has 0 radical (unpaired) electrons. The molecule has 0 bridgehead atoms. The molecule has 2 saturated carbocycles. The number of hydrogen-bond donors (Lipinski definition) is 7. The zero-order valence-electron chi connectivity index (χ0n) is 24.2. The van der Waals surface area contributed by atoms with Gasteiger partial charge < -0.3 is 45.8 Å². The van der Waals surface area contributed by atoms with Crippen LogP contribution >= 0.6 is 0 Å². The number of phenols is 1. The summed E-state index contributed by atoms with van der Waals surface area (Å²) < 4.78 is 5.27. The fourth-order valence-electron chi connectivity index (χ4n) is 7.08. The van der Waals surface area contributed by atoms with E-state index in [2.05, 4.69) is 5.32 Å². The number of carbonyl (C=O) groups excluding carboxylic acids is 3. The average Bonchev–Trinajstić information content (AvgIpc) is 2.92. The smallest absolute Gasteiger partial charge is 0.417 e. The lowest BCUT2D eigenvalue weighted by Gasteiger charge is -2.57. The molecule has 3 aliphatic rings. The fraction of sp³-hybridized carbons (Fsp3) is 0.433. The minimum atomic E-state index is -2.57. The van der Waals surface area contributed by atoms with Crippen LogP contribution < -0.4 is 20.7 Å². The minimum Gasteiger partial charge on any atom is -0.507 e. The van der Waals surface area contributed by atoms with Gasteiger partial charge in [0, 0.05) is 37.3 Å². The molecule has 3 aliphatic carbocycles. The third kappa shape index (κ3) is 4.68. The molecular formula is C30H36N4O9. The van der Waals surface area contributed by atoms with Crippen LogP contribution in [0.1, 0.15) is 17.5 Å². The van der Waals surface area contributed by atoms with Crippen LogP contribution in [-0.4, -0.2) is 100 Å². The summed E-state index contributed by atoms with van der Waals surface area (Å²) in [6.45, 7) is 0. The highest BCUT2D eigenvalue weighted by atomic mass is 16.6. The number of para-hydroxylation sites is 1. The molecule has 5 rings (SSSR count). The maximum Gasteiger partial charge on any atom is 0.417 e. The van der Waals surface area contributed by atoms with Gasteiger partial charge in [0.15, 0.2) is 17.1 Å². The van der Waals surface area contributed by atoms with E-state index in [0.29, 0.717) is 11.3 Å². The van der Waals surface area contributed by atoms with Crippen LogP contribution in [0.2, 0.25) is 0 Å². The number of nitrogens with one attached hydrogen (secondary N) is 1. The first-order chi connectivity index (χ1) is 20.2. The molecule has 2 aromatic carbocycles. The van der Waals surface area contributed by atoms with Gasteiger partial charge in [0.1, 0.15) is 17.6 Å². The number of rotatable bonds is 5. The number of aliphatic hydroxyl groups is 4. The number of anilines is 2. The maximum atomic E-state index is 14.1. The number of Topliss-reactive ketones (excluding diaryl/α,β-unsaturated/α-hetero) is 1. The molecule has 43 heavy (non-hydrogen) atoms. The minimum absolute atomic E-state index is 0.0561. The van der Waals surface area contributed by atoms with Gasteiger partial charge in [0.2, 0.25) is 5.91 Å². The number of aromatic hydroxyl groups is 1. The summed E-state index contributed by atoms with van der Waals surface area (Å²) in [6, 6.07) is 8.85. The number of fused-ring (bicyclic) bond motifs is 3. The molecule has 3 unspecified atom stereocenters. The lowest BCUT2D eigenvalue weighted by Crippen LogP contribution is -2.75. The van der Waals surface area contributed by atoms with Crippen LogP contribution in [0, 0.1) is 17.8 Å². The number of aliphatic hydroxyl groups excluding tert-OH is 3. The number of nitrogens with zero attached hydrogens (tertiary/aromatic N) is 2. The third-order valence-corrected chi connectivity index (χ3v) is 8.97. The van der Waals surface area contributed by atoms with E-state index in [0.717, 1.165) is 0 Å². The van der Waals surface area contributed by atoms with Gasteiger partial charge in [0.25, 0.3) is 0 Å². The van der Waals surface area contributed by atoms with Crippen molar-refractivity contribution in [2.75, 3.05) is 38.4 Å². The van der Waals surface area contributed by atoms with Gasteiger partial charge in [-0.3, -0.25) is 14.9 Å². The highest BCUT2D eigenvalue weighted by molar-refractivity contribution is 6.10. The van der Waals surface area contributed by atoms with Gasteiger partial charge in [-0.05, 0) is 56.6 Å². The van der Waals surface area contributed by atoms with Crippen molar-refractivity contribution in [2.24, 2.45) is 23.5 Å². The summed E-state index contributed by atoms with van der Waals surface area (Å²) in [5, 5.41) is 59.5. The molecule has 2 aromatic rings. The average molecular weight is 597 g/mol. The van der Waals surface area contributed by atoms with Crippen molar-refractivity contribution in [1.82, 2.24) is 4.90 Å². The first-order valence-electron chi connectivity index (χ1n) is 13.8. The third-order valence-electron chi connectivity index (χ3n) is 8.97. The van der Waals surface area contributed by atoms with Crippen LogP contribution in [0.15, 0.2) is 42.0 Å². The van der Waals surface area contributed by atoms with Gasteiger partial charge in [-0.25, -0.2) is 4.79 Å². The van der Waals surface area contributed by atoms with Crippen molar-refractivity contribution >= 4 is 34.9 Å². The Kier molecular flexibility index (Phi) is 7.63. The van der Waals surface area contributed by atoms with Crippen molar-refractivity contribution in [3.8, 4) is 11.5 Å². The van der Waals surface area contributed by atoms with Gasteiger partial charge in [-0.2, -0.15) is 0 Å². The van der Waals surface area contributed by atoms with Crippen LogP contribution in [0.3, 0.4) is 0 Å². The molecule has 230 valence electrons. The SMILES string of the molecule is CN(C)c1cc(NC(=O)Oc2ccccc2)c(O)c2c1C[C@H]1C[C@H]3[C@H](N(C)C)C(O)C(C(N)=O)C(O)[C@@]3(O)C(=O)C1=C2O. The summed E-state index contributed by atoms with van der Waals surface area (Å²) in [5.41, 5.74) is 3.48. The number of nitrogens with two attached hydrogens (primary N) is 1. The number of hydrogen-bond acceptors (Lipinski definition) is 11. The zero-order valence-corrected chi connectivity index (χ0v) is 24.2. The van der Waals surface area contributed by atoms with Crippen LogP contribution in [-0.2, 0) is 16.0 Å². The second-order valence-electron chi connectivity index (χ2n) is 11.8. The van der Waals surface area contributed by atoms with Crippen molar-refractivity contribution < 1.29 is 44.7 Å². The summed E-state index contributed by atoms with van der Waals surface area (Å²) in [4.78, 5) is 42.4. The number of ether oxygens (including phenoxy) is 1. The molecule has 7 atom stereocenters.